The van der Waals surface area contributed by atoms with Crippen molar-refractivity contribution < 1.29 is 28.5 Å². The number of rotatable bonds is 11. The molecular weight excluding hydrogens is 416 g/mol. The van der Waals surface area contributed by atoms with Crippen molar-refractivity contribution in [2.75, 3.05) is 28.4 Å². The quantitative estimate of drug-likeness (QED) is 0.406. The number of amides is 2. The van der Waals surface area contributed by atoms with Crippen molar-refractivity contribution >= 4 is 24.2 Å². The van der Waals surface area contributed by atoms with Crippen LogP contribution in [0, 0.1) is 0 Å². The topological polar surface area (TPSA) is 120 Å². The van der Waals surface area contributed by atoms with Gasteiger partial charge in [0.2, 0.25) is 11.8 Å². The molecule has 0 unspecified atom stereocenters. The Morgan fingerprint density at radius 3 is 1.47 bits per heavy atom. The van der Waals surface area contributed by atoms with E-state index in [2.05, 4.69) is 21.1 Å². The van der Waals surface area contributed by atoms with Gasteiger partial charge in [0.15, 0.2) is 23.0 Å². The molecule has 2 aromatic rings. The first-order valence-corrected chi connectivity index (χ1v) is 9.59. The number of hydrogen-bond donors (Lipinski definition) is 2. The molecule has 10 nitrogen and oxygen atoms in total. The molecule has 170 valence electrons. The third kappa shape index (κ3) is 6.73. The van der Waals surface area contributed by atoms with Crippen molar-refractivity contribution in [2.24, 2.45) is 10.2 Å². The lowest BCUT2D eigenvalue weighted by Gasteiger charge is -2.09. The standard InChI is InChI=1S/C22H26N4O6/c1-29-17-9-5-7-15(21(17)31-3)13-23-25-19(27)11-12-20(28)26-24-14-16-8-6-10-18(30-2)22(16)32-4/h5-10,13-14H,11-12H2,1-4H3,(H,25,27)(H,26,28). The SMILES string of the molecule is COc1cccc(C=NNC(=O)CCC(=O)NN=Cc2cccc(OC)c2OC)c1OC. The first-order chi connectivity index (χ1) is 15.5. The van der Waals surface area contributed by atoms with Crippen LogP contribution in [0.2, 0.25) is 0 Å². The largest absolute Gasteiger partial charge is 0.493 e. The monoisotopic (exact) mass is 442 g/mol. The van der Waals surface area contributed by atoms with Gasteiger partial charge in [-0.3, -0.25) is 9.59 Å². The van der Waals surface area contributed by atoms with Crippen molar-refractivity contribution in [3.63, 3.8) is 0 Å². The molecule has 0 heterocycles. The van der Waals surface area contributed by atoms with E-state index in [4.69, 9.17) is 18.9 Å². The number of benzene rings is 2. The van der Waals surface area contributed by atoms with Crippen LogP contribution in [0.5, 0.6) is 23.0 Å². The summed E-state index contributed by atoms with van der Waals surface area (Å²) in [6, 6.07) is 10.6. The molecule has 0 aromatic heterocycles. The molecule has 0 spiro atoms. The maximum absolute atomic E-state index is 11.9. The Balaban J connectivity index is 1.82. The van der Waals surface area contributed by atoms with Gasteiger partial charge in [-0.15, -0.1) is 0 Å². The highest BCUT2D eigenvalue weighted by molar-refractivity contribution is 5.89. The molecule has 2 N–H and O–H groups in total. The fourth-order valence-corrected chi connectivity index (χ4v) is 2.71. The minimum atomic E-state index is -0.420. The average Bonchev–Trinajstić information content (AvgIpc) is 2.82. The van der Waals surface area contributed by atoms with Crippen LogP contribution in [0.3, 0.4) is 0 Å². The van der Waals surface area contributed by atoms with E-state index >= 15 is 0 Å². The summed E-state index contributed by atoms with van der Waals surface area (Å²) >= 11 is 0. The molecule has 2 aromatic carbocycles. The van der Waals surface area contributed by atoms with E-state index in [0.29, 0.717) is 34.1 Å². The Bertz CT molecular complexity index is 911. The maximum Gasteiger partial charge on any atom is 0.240 e. The Morgan fingerprint density at radius 2 is 1.12 bits per heavy atom. The molecule has 0 saturated heterocycles. The molecular formula is C22H26N4O6. The molecule has 0 aliphatic carbocycles. The van der Waals surface area contributed by atoms with Crippen LogP contribution in [0.15, 0.2) is 46.6 Å². The molecule has 10 heteroatoms. The molecule has 0 aliphatic rings. The third-order valence-electron chi connectivity index (χ3n) is 4.23. The molecule has 2 rings (SSSR count). The van der Waals surface area contributed by atoms with Gasteiger partial charge in [-0.2, -0.15) is 10.2 Å². The van der Waals surface area contributed by atoms with Crippen LogP contribution in [0.4, 0.5) is 0 Å². The van der Waals surface area contributed by atoms with Crippen LogP contribution >= 0.6 is 0 Å². The number of hydrazone groups is 2. The number of carbonyl (C=O) groups excluding carboxylic acids is 2. The molecule has 0 radical (unpaired) electrons. The van der Waals surface area contributed by atoms with Gasteiger partial charge in [0, 0.05) is 24.0 Å². The highest BCUT2D eigenvalue weighted by Gasteiger charge is 2.09. The van der Waals surface area contributed by atoms with Crippen molar-refractivity contribution in [3.05, 3.63) is 47.5 Å². The molecule has 0 atom stereocenters. The van der Waals surface area contributed by atoms with Crippen LogP contribution in [-0.4, -0.2) is 52.7 Å². The van der Waals surface area contributed by atoms with Crippen LogP contribution in [-0.2, 0) is 9.59 Å². The number of nitrogens with zero attached hydrogens (tertiary/aromatic N) is 2. The zero-order valence-electron chi connectivity index (χ0n) is 18.4. The van der Waals surface area contributed by atoms with Crippen molar-refractivity contribution in [2.45, 2.75) is 12.8 Å². The van der Waals surface area contributed by atoms with Gasteiger partial charge in [0.05, 0.1) is 40.9 Å². The number of carbonyl (C=O) groups is 2. The second kappa shape index (κ2) is 12.6. The van der Waals surface area contributed by atoms with Crippen molar-refractivity contribution in [1.82, 2.24) is 10.9 Å². The van der Waals surface area contributed by atoms with Crippen molar-refractivity contribution in [3.8, 4) is 23.0 Å². The second-order valence-corrected chi connectivity index (χ2v) is 6.25. The van der Waals surface area contributed by atoms with Crippen LogP contribution < -0.4 is 29.8 Å². The summed E-state index contributed by atoms with van der Waals surface area (Å²) in [4.78, 5) is 23.9. The lowest BCUT2D eigenvalue weighted by atomic mass is 10.2. The minimum absolute atomic E-state index is 0.0591. The zero-order chi connectivity index (χ0) is 23.3. The summed E-state index contributed by atoms with van der Waals surface area (Å²) in [5.74, 6) is 1.25. The highest BCUT2D eigenvalue weighted by Crippen LogP contribution is 2.30. The van der Waals surface area contributed by atoms with Gasteiger partial charge in [-0.1, -0.05) is 12.1 Å². The Hall–Kier alpha value is -4.08. The summed E-state index contributed by atoms with van der Waals surface area (Å²) in [5, 5.41) is 7.79. The van der Waals surface area contributed by atoms with Gasteiger partial charge in [0.1, 0.15) is 0 Å². The number of para-hydroxylation sites is 2. The molecule has 0 saturated carbocycles. The number of methoxy groups -OCH3 is 4. The average molecular weight is 442 g/mol. The molecule has 0 aliphatic heterocycles. The Morgan fingerprint density at radius 1 is 0.719 bits per heavy atom. The normalized spacial score (nSPS) is 10.8. The fourth-order valence-electron chi connectivity index (χ4n) is 2.71. The lowest BCUT2D eigenvalue weighted by Crippen LogP contribution is -2.22. The van der Waals surface area contributed by atoms with E-state index in [9.17, 15) is 9.59 Å². The van der Waals surface area contributed by atoms with E-state index in [-0.39, 0.29) is 12.8 Å². The second-order valence-electron chi connectivity index (χ2n) is 6.25. The van der Waals surface area contributed by atoms with E-state index in [1.807, 2.05) is 0 Å². The first kappa shape index (κ1) is 24.2. The Labute approximate surface area is 186 Å². The fraction of sp³-hybridized carbons (Fsp3) is 0.273. The maximum atomic E-state index is 11.9. The summed E-state index contributed by atoms with van der Waals surface area (Å²) in [7, 11) is 6.09. The zero-order valence-corrected chi connectivity index (χ0v) is 18.4. The van der Waals surface area contributed by atoms with Crippen molar-refractivity contribution in [1.29, 1.82) is 0 Å². The molecule has 32 heavy (non-hydrogen) atoms. The number of ether oxygens (including phenoxy) is 4. The summed E-state index contributed by atoms with van der Waals surface area (Å²) in [6.07, 6.45) is 2.75. The number of nitrogens with one attached hydrogen (secondary N) is 2. The smallest absolute Gasteiger partial charge is 0.240 e. The molecule has 0 bridgehead atoms. The van der Waals surface area contributed by atoms with Gasteiger partial charge in [-0.05, 0) is 24.3 Å². The van der Waals surface area contributed by atoms with Gasteiger partial charge < -0.3 is 18.9 Å². The minimum Gasteiger partial charge on any atom is -0.493 e. The predicted molar refractivity (Wildman–Crippen MR) is 120 cm³/mol. The van der Waals surface area contributed by atoms with Crippen LogP contribution in [0.1, 0.15) is 24.0 Å². The first-order valence-electron chi connectivity index (χ1n) is 9.59. The Kier molecular flexibility index (Phi) is 9.51. The molecule has 0 fully saturated rings. The summed E-state index contributed by atoms with van der Waals surface area (Å²) < 4.78 is 21.0. The van der Waals surface area contributed by atoms with Crippen LogP contribution in [0.25, 0.3) is 0 Å². The predicted octanol–water partition coefficient (Wildman–Crippen LogP) is 2.10. The third-order valence-corrected chi connectivity index (χ3v) is 4.23. The van der Waals surface area contributed by atoms with E-state index in [1.165, 1.54) is 40.9 Å². The van der Waals surface area contributed by atoms with Gasteiger partial charge >= 0.3 is 0 Å². The summed E-state index contributed by atoms with van der Waals surface area (Å²) in [6.45, 7) is 0. The lowest BCUT2D eigenvalue weighted by molar-refractivity contribution is -0.126. The molecule has 2 amide bonds. The summed E-state index contributed by atoms with van der Waals surface area (Å²) in [5.41, 5.74) is 6.00. The van der Waals surface area contributed by atoms with Gasteiger partial charge in [-0.25, -0.2) is 10.9 Å². The van der Waals surface area contributed by atoms with E-state index in [1.54, 1.807) is 36.4 Å². The van der Waals surface area contributed by atoms with Gasteiger partial charge in [0.25, 0.3) is 0 Å². The van der Waals surface area contributed by atoms with E-state index < -0.39 is 11.8 Å². The van der Waals surface area contributed by atoms with E-state index in [0.717, 1.165) is 0 Å². The number of hydrogen-bond acceptors (Lipinski definition) is 8. The highest BCUT2D eigenvalue weighted by atomic mass is 16.5.